The Balaban J connectivity index is 0. The van der Waals surface area contributed by atoms with Gasteiger partial charge in [-0.3, -0.25) is 15.3 Å². The molecule has 2 atom stereocenters. The molecule has 0 saturated carbocycles. The van der Waals surface area contributed by atoms with Crippen LogP contribution in [0.25, 0.3) is 0 Å². The van der Waals surface area contributed by atoms with Crippen molar-refractivity contribution in [2.45, 2.75) is 32.5 Å². The Hall–Kier alpha value is -0.700. The molecule has 0 rings (SSSR count). The van der Waals surface area contributed by atoms with Crippen molar-refractivity contribution in [2.75, 3.05) is 27.2 Å². The number of nitrogens with one attached hydrogen (secondary N) is 1. The molecular formula is C12H27BrN4O3. The third-order valence-electron chi connectivity index (χ3n) is 2.39. The van der Waals surface area contributed by atoms with Gasteiger partial charge in [0.05, 0.1) is 0 Å². The lowest BCUT2D eigenvalue weighted by atomic mass is 10.1. The van der Waals surface area contributed by atoms with E-state index in [4.69, 9.17) is 16.2 Å². The standard InChI is InChI=1S/C12H26N4O3.BrH/c1-8(2)7-9(13)12(18)19-10(14)11(17)15-5-6-16(3)4;/h8-10H,5-7,13-14H2,1-4H3,(H,15,17);1H. The molecule has 0 aromatic rings. The number of carbonyl (C=O) groups is 2. The second-order valence-electron chi connectivity index (χ2n) is 5.19. The van der Waals surface area contributed by atoms with Crippen LogP contribution in [0.1, 0.15) is 20.3 Å². The van der Waals surface area contributed by atoms with E-state index in [0.29, 0.717) is 19.5 Å². The number of rotatable bonds is 8. The average molecular weight is 355 g/mol. The van der Waals surface area contributed by atoms with Gasteiger partial charge in [0, 0.05) is 13.1 Å². The second-order valence-corrected chi connectivity index (χ2v) is 5.19. The van der Waals surface area contributed by atoms with Gasteiger partial charge in [-0.2, -0.15) is 0 Å². The van der Waals surface area contributed by atoms with E-state index < -0.39 is 24.1 Å². The van der Waals surface area contributed by atoms with Gasteiger partial charge in [0.2, 0.25) is 6.23 Å². The van der Waals surface area contributed by atoms with E-state index in [2.05, 4.69) is 5.32 Å². The smallest absolute Gasteiger partial charge is 0.324 e. The molecule has 0 aliphatic carbocycles. The van der Waals surface area contributed by atoms with Crippen LogP contribution < -0.4 is 16.8 Å². The van der Waals surface area contributed by atoms with Crippen molar-refractivity contribution in [2.24, 2.45) is 17.4 Å². The highest BCUT2D eigenvalue weighted by atomic mass is 79.9. The van der Waals surface area contributed by atoms with Gasteiger partial charge in [0.1, 0.15) is 6.04 Å². The van der Waals surface area contributed by atoms with Crippen LogP contribution in [0.5, 0.6) is 0 Å². The Labute approximate surface area is 131 Å². The van der Waals surface area contributed by atoms with E-state index in [1.54, 1.807) is 0 Å². The number of likely N-dealkylation sites (N-methyl/N-ethyl adjacent to an activating group) is 1. The van der Waals surface area contributed by atoms with Crippen molar-refractivity contribution >= 4 is 28.9 Å². The van der Waals surface area contributed by atoms with Crippen LogP contribution >= 0.6 is 17.0 Å². The molecule has 120 valence electrons. The van der Waals surface area contributed by atoms with Crippen molar-refractivity contribution in [1.82, 2.24) is 10.2 Å². The number of carbonyl (C=O) groups excluding carboxylic acids is 2. The Kier molecular flexibility index (Phi) is 11.9. The molecule has 0 bridgehead atoms. The summed E-state index contributed by atoms with van der Waals surface area (Å²) in [6, 6.07) is -0.749. The van der Waals surface area contributed by atoms with Crippen LogP contribution in [-0.4, -0.2) is 56.2 Å². The highest BCUT2D eigenvalue weighted by molar-refractivity contribution is 8.93. The zero-order valence-corrected chi connectivity index (χ0v) is 14.3. The van der Waals surface area contributed by atoms with Gasteiger partial charge >= 0.3 is 5.97 Å². The summed E-state index contributed by atoms with van der Waals surface area (Å²) in [7, 11) is 3.77. The highest BCUT2D eigenvalue weighted by Gasteiger charge is 2.23. The van der Waals surface area contributed by atoms with Crippen LogP contribution in [-0.2, 0) is 14.3 Å². The first-order valence-electron chi connectivity index (χ1n) is 6.38. The summed E-state index contributed by atoms with van der Waals surface area (Å²) in [5.41, 5.74) is 11.1. The molecule has 0 radical (unpaired) electrons. The minimum absolute atomic E-state index is 0. The normalized spacial score (nSPS) is 13.6. The van der Waals surface area contributed by atoms with Gasteiger partial charge in [0.15, 0.2) is 0 Å². The summed E-state index contributed by atoms with van der Waals surface area (Å²) < 4.78 is 4.82. The first-order valence-corrected chi connectivity index (χ1v) is 6.38. The minimum atomic E-state index is -1.31. The second kappa shape index (κ2) is 11.0. The highest BCUT2D eigenvalue weighted by Crippen LogP contribution is 2.04. The number of nitrogens with zero attached hydrogens (tertiary/aromatic N) is 1. The lowest BCUT2D eigenvalue weighted by Gasteiger charge is -2.18. The average Bonchev–Trinajstić information content (AvgIpc) is 2.27. The molecule has 0 heterocycles. The lowest BCUT2D eigenvalue weighted by molar-refractivity contribution is -0.157. The van der Waals surface area contributed by atoms with Crippen molar-refractivity contribution in [1.29, 1.82) is 0 Å². The Bertz CT molecular complexity index is 300. The first-order chi connectivity index (χ1) is 8.73. The maximum Gasteiger partial charge on any atom is 0.324 e. The monoisotopic (exact) mass is 354 g/mol. The zero-order chi connectivity index (χ0) is 15.0. The predicted octanol–water partition coefficient (Wildman–Crippen LogP) is -0.556. The molecule has 0 saturated heterocycles. The third-order valence-corrected chi connectivity index (χ3v) is 2.39. The van der Waals surface area contributed by atoms with Crippen LogP contribution in [0.4, 0.5) is 0 Å². The molecule has 8 heteroatoms. The fourth-order valence-electron chi connectivity index (χ4n) is 1.37. The SMILES string of the molecule is Br.CC(C)CC(N)C(=O)OC(N)C(=O)NCCN(C)C. The van der Waals surface area contributed by atoms with Gasteiger partial charge in [-0.25, -0.2) is 0 Å². The van der Waals surface area contributed by atoms with E-state index in [9.17, 15) is 9.59 Å². The molecule has 20 heavy (non-hydrogen) atoms. The molecule has 0 spiro atoms. The van der Waals surface area contributed by atoms with Crippen molar-refractivity contribution < 1.29 is 14.3 Å². The van der Waals surface area contributed by atoms with Crippen LogP contribution in [0.3, 0.4) is 0 Å². The largest absolute Gasteiger partial charge is 0.436 e. The fourth-order valence-corrected chi connectivity index (χ4v) is 1.37. The molecular weight excluding hydrogens is 328 g/mol. The number of esters is 1. The molecule has 0 fully saturated rings. The van der Waals surface area contributed by atoms with Crippen LogP contribution in [0.15, 0.2) is 0 Å². The van der Waals surface area contributed by atoms with E-state index in [1.165, 1.54) is 0 Å². The molecule has 0 aliphatic rings. The zero-order valence-electron chi connectivity index (χ0n) is 12.6. The number of ether oxygens (including phenoxy) is 1. The first kappa shape index (κ1) is 21.6. The maximum absolute atomic E-state index is 11.6. The van der Waals surface area contributed by atoms with Gasteiger partial charge in [0.25, 0.3) is 5.91 Å². The summed E-state index contributed by atoms with van der Waals surface area (Å²) in [6.07, 6.45) is -0.818. The van der Waals surface area contributed by atoms with E-state index in [1.807, 2.05) is 32.8 Å². The summed E-state index contributed by atoms with van der Waals surface area (Å²) >= 11 is 0. The summed E-state index contributed by atoms with van der Waals surface area (Å²) in [5.74, 6) is -0.899. The number of nitrogens with two attached hydrogens (primary N) is 2. The fraction of sp³-hybridized carbons (Fsp3) is 0.833. The lowest BCUT2D eigenvalue weighted by Crippen LogP contribution is -2.47. The molecule has 7 nitrogen and oxygen atoms in total. The molecule has 5 N–H and O–H groups in total. The number of halogens is 1. The number of amides is 1. The van der Waals surface area contributed by atoms with Crippen molar-refractivity contribution in [3.63, 3.8) is 0 Å². The Morgan fingerprint density at radius 1 is 1.25 bits per heavy atom. The summed E-state index contributed by atoms with van der Waals surface area (Å²) in [4.78, 5) is 25.0. The van der Waals surface area contributed by atoms with E-state index >= 15 is 0 Å². The molecule has 0 aliphatic heterocycles. The van der Waals surface area contributed by atoms with Gasteiger partial charge < -0.3 is 20.7 Å². The van der Waals surface area contributed by atoms with Gasteiger partial charge in [-0.1, -0.05) is 13.8 Å². The summed E-state index contributed by atoms with van der Waals surface area (Å²) in [5, 5.41) is 2.58. The molecule has 0 aromatic heterocycles. The quantitative estimate of drug-likeness (QED) is 0.398. The maximum atomic E-state index is 11.6. The summed E-state index contributed by atoms with van der Waals surface area (Å²) in [6.45, 7) is 5.01. The predicted molar refractivity (Wildman–Crippen MR) is 83.4 cm³/mol. The number of hydrogen-bond donors (Lipinski definition) is 3. The third kappa shape index (κ3) is 10.1. The molecule has 0 aromatic carbocycles. The minimum Gasteiger partial charge on any atom is -0.436 e. The van der Waals surface area contributed by atoms with Crippen LogP contribution in [0, 0.1) is 5.92 Å². The van der Waals surface area contributed by atoms with Crippen LogP contribution in [0.2, 0.25) is 0 Å². The number of hydrogen-bond acceptors (Lipinski definition) is 6. The van der Waals surface area contributed by atoms with Gasteiger partial charge in [-0.15, -0.1) is 17.0 Å². The molecule has 1 amide bonds. The topological polar surface area (TPSA) is 111 Å². The van der Waals surface area contributed by atoms with E-state index in [-0.39, 0.29) is 22.9 Å². The Morgan fingerprint density at radius 2 is 1.80 bits per heavy atom. The Morgan fingerprint density at radius 3 is 2.25 bits per heavy atom. The van der Waals surface area contributed by atoms with Crippen molar-refractivity contribution in [3.8, 4) is 0 Å². The molecule has 2 unspecified atom stereocenters. The van der Waals surface area contributed by atoms with Gasteiger partial charge in [-0.05, 0) is 26.4 Å². The van der Waals surface area contributed by atoms with Crippen molar-refractivity contribution in [3.05, 3.63) is 0 Å². The van der Waals surface area contributed by atoms with E-state index in [0.717, 1.165) is 0 Å².